The zero-order valence-electron chi connectivity index (χ0n) is 12.6. The van der Waals surface area contributed by atoms with Gasteiger partial charge in [-0.3, -0.25) is 4.79 Å². The van der Waals surface area contributed by atoms with Crippen molar-refractivity contribution in [3.63, 3.8) is 0 Å². The molecule has 1 aliphatic carbocycles. The minimum atomic E-state index is -0.599. The van der Waals surface area contributed by atoms with Crippen LogP contribution in [0.2, 0.25) is 0 Å². The van der Waals surface area contributed by atoms with Crippen LogP contribution in [-0.2, 0) is 5.54 Å². The number of alkyl halides is 2. The Morgan fingerprint density at radius 2 is 2.04 bits per heavy atom. The molecule has 1 aromatic heterocycles. The van der Waals surface area contributed by atoms with Crippen molar-refractivity contribution < 1.29 is 9.18 Å². The molecule has 1 aromatic carbocycles. The number of carbonyl (C=O) groups is 1. The molecule has 23 heavy (non-hydrogen) atoms. The summed E-state index contributed by atoms with van der Waals surface area (Å²) in [6.45, 7) is -0.599. The van der Waals surface area contributed by atoms with Crippen molar-refractivity contribution in [2.45, 2.75) is 18.4 Å². The molecule has 2 aromatic rings. The first kappa shape index (κ1) is 15.8. The molecule has 0 spiro atoms. The Balaban J connectivity index is 1.86. The average Bonchev–Trinajstić information content (AvgIpc) is 3.24. The van der Waals surface area contributed by atoms with Gasteiger partial charge in [0.15, 0.2) is 0 Å². The first-order valence-electron chi connectivity index (χ1n) is 7.58. The number of aromatic nitrogens is 1. The van der Waals surface area contributed by atoms with E-state index in [-0.39, 0.29) is 11.4 Å². The Morgan fingerprint density at radius 1 is 1.30 bits per heavy atom. The molecular formula is C18H18ClFN2O. The second-order valence-corrected chi connectivity index (χ2v) is 5.98. The van der Waals surface area contributed by atoms with Gasteiger partial charge >= 0.3 is 0 Å². The lowest BCUT2D eigenvalue weighted by Gasteiger charge is -2.17. The second kappa shape index (κ2) is 6.59. The average molecular weight is 333 g/mol. The number of halogens is 2. The van der Waals surface area contributed by atoms with Crippen LogP contribution in [0.5, 0.6) is 0 Å². The van der Waals surface area contributed by atoms with Crippen LogP contribution in [0, 0.1) is 0 Å². The third-order valence-corrected chi connectivity index (χ3v) is 4.29. The van der Waals surface area contributed by atoms with E-state index >= 15 is 0 Å². The molecular weight excluding hydrogens is 315 g/mol. The van der Waals surface area contributed by atoms with Gasteiger partial charge in [0.25, 0.3) is 5.91 Å². The smallest absolute Gasteiger partial charge is 0.268 e. The van der Waals surface area contributed by atoms with Crippen LogP contribution >= 0.6 is 11.6 Å². The van der Waals surface area contributed by atoms with Crippen LogP contribution in [0.15, 0.2) is 36.4 Å². The number of H-pyrrole nitrogens is 1. The highest BCUT2D eigenvalue weighted by atomic mass is 35.5. The van der Waals surface area contributed by atoms with Gasteiger partial charge in [0.2, 0.25) is 0 Å². The summed E-state index contributed by atoms with van der Waals surface area (Å²) in [6.07, 6.45) is 5.00. The largest absolute Gasteiger partial charge is 0.351 e. The monoisotopic (exact) mass is 332 g/mol. The van der Waals surface area contributed by atoms with Crippen molar-refractivity contribution in [3.8, 4) is 0 Å². The Labute approximate surface area is 138 Å². The first-order chi connectivity index (χ1) is 11.2. The van der Waals surface area contributed by atoms with Crippen LogP contribution in [0.4, 0.5) is 4.39 Å². The summed E-state index contributed by atoms with van der Waals surface area (Å²) >= 11 is 5.72. The lowest BCUT2D eigenvalue weighted by atomic mass is 10.0. The van der Waals surface area contributed by atoms with Crippen LogP contribution in [0.1, 0.15) is 28.9 Å². The normalized spacial score (nSPS) is 17.3. The summed E-state index contributed by atoms with van der Waals surface area (Å²) in [5, 5.41) is 4.43. The molecule has 1 saturated carbocycles. The lowest BCUT2D eigenvalue weighted by molar-refractivity contribution is 0.0926. The molecule has 1 amide bonds. The zero-order chi connectivity index (χ0) is 16.3. The number of carbonyl (C=O) groups excluding carboxylic acids is 1. The van der Waals surface area contributed by atoms with E-state index in [0.717, 1.165) is 23.6 Å². The number of benzene rings is 1. The zero-order valence-corrected chi connectivity index (χ0v) is 13.4. The number of hydrogen-bond acceptors (Lipinski definition) is 1. The predicted octanol–water partition coefficient (Wildman–Crippen LogP) is 2.20. The minimum Gasteiger partial charge on any atom is -0.351 e. The van der Waals surface area contributed by atoms with Crippen LogP contribution in [0.25, 0.3) is 12.2 Å². The minimum absolute atomic E-state index is 0.186. The predicted molar refractivity (Wildman–Crippen MR) is 90.5 cm³/mol. The van der Waals surface area contributed by atoms with Gasteiger partial charge in [0.1, 0.15) is 12.4 Å². The fourth-order valence-electron chi connectivity index (χ4n) is 2.76. The van der Waals surface area contributed by atoms with Crippen LogP contribution in [-0.4, -0.2) is 23.4 Å². The second-order valence-electron chi connectivity index (χ2n) is 5.67. The molecule has 1 heterocycles. The van der Waals surface area contributed by atoms with Gasteiger partial charge < -0.3 is 10.3 Å². The van der Waals surface area contributed by atoms with Crippen molar-refractivity contribution in [3.05, 3.63) is 58.2 Å². The van der Waals surface area contributed by atoms with Gasteiger partial charge in [0, 0.05) is 11.2 Å². The summed E-state index contributed by atoms with van der Waals surface area (Å²) in [4.78, 5) is 15.5. The van der Waals surface area contributed by atoms with E-state index in [1.807, 2.05) is 30.3 Å². The van der Waals surface area contributed by atoms with E-state index in [1.54, 1.807) is 12.1 Å². The highest BCUT2D eigenvalue weighted by molar-refractivity contribution is 6.20. The molecule has 0 bridgehead atoms. The molecule has 1 aliphatic rings. The van der Waals surface area contributed by atoms with Crippen molar-refractivity contribution >= 4 is 29.7 Å². The third-order valence-electron chi connectivity index (χ3n) is 4.13. The maximum absolute atomic E-state index is 12.6. The molecule has 0 atom stereocenters. The highest BCUT2D eigenvalue weighted by Crippen LogP contribution is 2.45. The fourth-order valence-corrected chi connectivity index (χ4v) is 2.93. The van der Waals surface area contributed by atoms with Crippen molar-refractivity contribution in [2.75, 3.05) is 12.6 Å². The van der Waals surface area contributed by atoms with Gasteiger partial charge in [-0.1, -0.05) is 36.4 Å². The summed E-state index contributed by atoms with van der Waals surface area (Å²) in [5.74, 6) is 0.120. The maximum Gasteiger partial charge on any atom is 0.268 e. The van der Waals surface area contributed by atoms with Crippen molar-refractivity contribution in [1.29, 1.82) is 0 Å². The molecule has 2 N–H and O–H groups in total. The Morgan fingerprint density at radius 3 is 2.65 bits per heavy atom. The number of nitrogens with one attached hydrogen (secondary N) is 2. The molecule has 0 aliphatic heterocycles. The van der Waals surface area contributed by atoms with E-state index in [2.05, 4.69) is 10.3 Å². The fraction of sp³-hybridized carbons (Fsp3) is 0.278. The number of amides is 1. The van der Waals surface area contributed by atoms with Gasteiger partial charge in [-0.15, -0.1) is 11.6 Å². The van der Waals surface area contributed by atoms with Gasteiger partial charge in [-0.25, -0.2) is 4.39 Å². The topological polar surface area (TPSA) is 44.9 Å². The molecule has 5 heteroatoms. The van der Waals surface area contributed by atoms with Gasteiger partial charge in [0.05, 0.1) is 5.54 Å². The lowest BCUT2D eigenvalue weighted by Crippen LogP contribution is -2.35. The third kappa shape index (κ3) is 3.32. The van der Waals surface area contributed by atoms with Crippen molar-refractivity contribution in [2.24, 2.45) is 0 Å². The quantitative estimate of drug-likeness (QED) is 0.810. The number of hydrogen-bond donors (Lipinski definition) is 2. The molecule has 3 rings (SSSR count). The Hall–Kier alpha value is -2.07. The van der Waals surface area contributed by atoms with E-state index in [1.165, 1.54) is 6.08 Å². The van der Waals surface area contributed by atoms with Crippen LogP contribution in [0.3, 0.4) is 0 Å². The molecule has 0 saturated heterocycles. The Bertz CT molecular complexity index is 776. The van der Waals surface area contributed by atoms with E-state index in [4.69, 9.17) is 11.6 Å². The summed E-state index contributed by atoms with van der Waals surface area (Å²) in [6, 6.07) is 11.7. The van der Waals surface area contributed by atoms with E-state index < -0.39 is 6.67 Å². The molecule has 0 unspecified atom stereocenters. The Kier molecular flexibility index (Phi) is 4.53. The number of rotatable bonds is 5. The van der Waals surface area contributed by atoms with Gasteiger partial charge in [-0.05, 0) is 35.8 Å². The molecule has 3 nitrogen and oxygen atoms in total. The standard InChI is InChI=1S/C18H18ClFN2O/c19-10-6-13-12-16(21-15(13)7-11-20)17(23)22-18(8-9-18)14-4-2-1-3-5-14/h1-7,12,21H,8-11H2,(H,22,23). The molecule has 1 fully saturated rings. The van der Waals surface area contributed by atoms with Crippen molar-refractivity contribution in [1.82, 2.24) is 10.3 Å². The number of aromatic amines is 1. The first-order valence-corrected chi connectivity index (χ1v) is 8.11. The van der Waals surface area contributed by atoms with E-state index in [9.17, 15) is 9.18 Å². The SMILES string of the molecule is O=C(NC1(c2ccccc2)CC1)c1cc(=CCCl)c(=CCF)[nH]1. The van der Waals surface area contributed by atoms with Crippen LogP contribution < -0.4 is 15.9 Å². The maximum atomic E-state index is 12.6. The van der Waals surface area contributed by atoms with Gasteiger partial charge in [-0.2, -0.15) is 0 Å². The highest BCUT2D eigenvalue weighted by Gasteiger charge is 2.45. The van der Waals surface area contributed by atoms with E-state index in [0.29, 0.717) is 16.9 Å². The summed E-state index contributed by atoms with van der Waals surface area (Å²) in [5.41, 5.74) is 1.26. The summed E-state index contributed by atoms with van der Waals surface area (Å²) in [7, 11) is 0. The molecule has 120 valence electrons. The molecule has 0 radical (unpaired) electrons. The summed E-state index contributed by atoms with van der Waals surface area (Å²) < 4.78 is 12.6.